The lowest BCUT2D eigenvalue weighted by Gasteiger charge is -2.23. The molecule has 12 heteroatoms. The summed E-state index contributed by atoms with van der Waals surface area (Å²) in [4.78, 5) is 9.37. The maximum atomic E-state index is 6.35. The quantitative estimate of drug-likeness (QED) is 0.0451. The molecular formula is C43H88N6O4P2. The molecule has 0 spiro atoms. The Morgan fingerprint density at radius 3 is 1.15 bits per heavy atom. The molecule has 0 aromatic carbocycles. The summed E-state index contributed by atoms with van der Waals surface area (Å²) in [6.45, 7) is 14.7. The van der Waals surface area contributed by atoms with Crippen molar-refractivity contribution in [3.8, 4) is 0 Å². The van der Waals surface area contributed by atoms with Crippen LogP contribution in [0.3, 0.4) is 0 Å². The standard InChI is InChI=1S/C43H88N6O4P2/c1-7-10-13-16-18-20-22-24-26-29-33-48-37-35-46(4)42(48)44-54(50-6)51-40-32-41-53-55(52-39-31-28-15-12-9-3)45-43-47(5)36-38-49(43)34-30-27-25-23-21-19-17-14-11-8-2/h7-41H2,1-6H3. The van der Waals surface area contributed by atoms with Crippen molar-refractivity contribution in [2.24, 2.45) is 9.53 Å². The molecule has 2 atom stereocenters. The van der Waals surface area contributed by atoms with Gasteiger partial charge in [-0.1, -0.05) is 162 Å². The molecule has 324 valence electrons. The van der Waals surface area contributed by atoms with Gasteiger partial charge in [0.05, 0.1) is 19.8 Å². The molecule has 0 amide bonds. The molecule has 0 radical (unpaired) electrons. The van der Waals surface area contributed by atoms with Gasteiger partial charge in [0.15, 0.2) is 0 Å². The van der Waals surface area contributed by atoms with E-state index in [0.29, 0.717) is 19.8 Å². The zero-order valence-electron chi connectivity index (χ0n) is 37.0. The average molecular weight is 815 g/mol. The third-order valence-corrected chi connectivity index (χ3v) is 13.1. The van der Waals surface area contributed by atoms with Crippen LogP contribution >= 0.6 is 17.1 Å². The zero-order valence-corrected chi connectivity index (χ0v) is 38.7. The summed E-state index contributed by atoms with van der Waals surface area (Å²) in [5.41, 5.74) is 0. The minimum atomic E-state index is -1.37. The van der Waals surface area contributed by atoms with Gasteiger partial charge in [0, 0.05) is 60.5 Å². The number of unbranched alkanes of at least 4 members (excludes halogenated alkanes) is 22. The van der Waals surface area contributed by atoms with Crippen LogP contribution in [0.4, 0.5) is 0 Å². The maximum absolute atomic E-state index is 6.35. The molecule has 2 fully saturated rings. The molecule has 2 aliphatic heterocycles. The number of guanidine groups is 2. The highest BCUT2D eigenvalue weighted by Crippen LogP contribution is 2.43. The molecule has 2 saturated heterocycles. The van der Waals surface area contributed by atoms with E-state index < -0.39 is 17.1 Å². The molecule has 10 nitrogen and oxygen atoms in total. The Bertz CT molecular complexity index is 951. The monoisotopic (exact) mass is 815 g/mol. The first-order chi connectivity index (χ1) is 27.0. The van der Waals surface area contributed by atoms with Crippen molar-refractivity contribution in [2.45, 2.75) is 188 Å². The summed E-state index contributed by atoms with van der Waals surface area (Å²) in [7, 11) is 3.25. The van der Waals surface area contributed by atoms with Crippen LogP contribution in [-0.2, 0) is 18.1 Å². The van der Waals surface area contributed by atoms with Crippen molar-refractivity contribution in [1.82, 2.24) is 19.6 Å². The third-order valence-electron chi connectivity index (χ3n) is 10.9. The lowest BCUT2D eigenvalue weighted by Crippen LogP contribution is -2.32. The average Bonchev–Trinajstić information content (AvgIpc) is 3.72. The second-order valence-electron chi connectivity index (χ2n) is 15.9. The van der Waals surface area contributed by atoms with E-state index in [-0.39, 0.29) is 0 Å². The number of nitrogens with zero attached hydrogens (tertiary/aromatic N) is 6. The second-order valence-corrected chi connectivity index (χ2v) is 18.4. The van der Waals surface area contributed by atoms with Crippen LogP contribution in [-0.4, -0.2) is 112 Å². The zero-order chi connectivity index (χ0) is 39.6. The van der Waals surface area contributed by atoms with Gasteiger partial charge in [-0.25, -0.2) is 0 Å². The van der Waals surface area contributed by atoms with E-state index in [0.717, 1.165) is 64.0 Å². The second kappa shape index (κ2) is 35.2. The van der Waals surface area contributed by atoms with Crippen LogP contribution in [0.15, 0.2) is 9.53 Å². The fourth-order valence-corrected chi connectivity index (χ4v) is 9.40. The van der Waals surface area contributed by atoms with E-state index in [1.165, 1.54) is 154 Å². The Labute approximate surface area is 343 Å². The number of likely N-dealkylation sites (N-methyl/N-ethyl adjacent to an activating group) is 2. The van der Waals surface area contributed by atoms with Crippen molar-refractivity contribution in [3.63, 3.8) is 0 Å². The summed E-state index contributed by atoms with van der Waals surface area (Å²) >= 11 is 0. The van der Waals surface area contributed by atoms with Crippen molar-refractivity contribution in [2.75, 3.05) is 80.3 Å². The topological polar surface area (TPSA) is 74.6 Å². The number of hydrogen-bond acceptors (Lipinski definition) is 6. The molecule has 0 saturated carbocycles. The Hall–Kier alpha value is -0.760. The molecule has 0 aliphatic carbocycles. The Morgan fingerprint density at radius 1 is 0.418 bits per heavy atom. The summed E-state index contributed by atoms with van der Waals surface area (Å²) in [6.07, 6.45) is 33.9. The van der Waals surface area contributed by atoms with Crippen LogP contribution in [0.5, 0.6) is 0 Å². The van der Waals surface area contributed by atoms with Gasteiger partial charge in [0.25, 0.3) is 0 Å². The van der Waals surface area contributed by atoms with E-state index in [2.05, 4.69) is 54.5 Å². The molecule has 2 rings (SSSR count). The summed E-state index contributed by atoms with van der Waals surface area (Å²) in [6, 6.07) is 0. The number of rotatable bonds is 38. The fourth-order valence-electron chi connectivity index (χ4n) is 7.26. The summed E-state index contributed by atoms with van der Waals surface area (Å²) in [5.74, 6) is 2.04. The molecule has 0 N–H and O–H groups in total. The molecule has 2 heterocycles. The van der Waals surface area contributed by atoms with Gasteiger partial charge in [0.1, 0.15) is 0 Å². The Kier molecular flexibility index (Phi) is 32.3. The maximum Gasteiger partial charge on any atom is 0.313 e. The molecule has 55 heavy (non-hydrogen) atoms. The predicted molar refractivity (Wildman–Crippen MR) is 239 cm³/mol. The van der Waals surface area contributed by atoms with Gasteiger partial charge >= 0.3 is 17.1 Å². The van der Waals surface area contributed by atoms with E-state index in [4.69, 9.17) is 27.6 Å². The Balaban J connectivity index is 1.79. The highest BCUT2D eigenvalue weighted by molar-refractivity contribution is 7.46. The van der Waals surface area contributed by atoms with E-state index in [1.807, 2.05) is 0 Å². The van der Waals surface area contributed by atoms with Gasteiger partial charge < -0.3 is 37.7 Å². The lowest BCUT2D eigenvalue weighted by atomic mass is 10.1. The van der Waals surface area contributed by atoms with Gasteiger partial charge in [-0.05, 0) is 25.7 Å². The lowest BCUT2D eigenvalue weighted by molar-refractivity contribution is 0.215. The fraction of sp³-hybridized carbons (Fsp3) is 0.953. The van der Waals surface area contributed by atoms with Crippen molar-refractivity contribution < 1.29 is 18.1 Å². The van der Waals surface area contributed by atoms with E-state index in [9.17, 15) is 0 Å². The Morgan fingerprint density at radius 2 is 0.745 bits per heavy atom. The molecule has 2 aliphatic rings. The van der Waals surface area contributed by atoms with E-state index >= 15 is 0 Å². The van der Waals surface area contributed by atoms with Gasteiger partial charge in [-0.15, -0.1) is 0 Å². The van der Waals surface area contributed by atoms with Gasteiger partial charge in [-0.2, -0.15) is 9.53 Å². The SMILES string of the molecule is CCCCCCCCCCCCN1CCN(C)C1=NP(OC)OCCCOP(N=C1N(C)CCN1CCCCCCCCCCCC)OCCCCCCC. The van der Waals surface area contributed by atoms with Crippen molar-refractivity contribution in [3.05, 3.63) is 0 Å². The normalized spacial score (nSPS) is 17.5. The smallest absolute Gasteiger partial charge is 0.313 e. The first kappa shape index (κ1) is 50.4. The van der Waals surface area contributed by atoms with Crippen LogP contribution in [0.2, 0.25) is 0 Å². The first-order valence-corrected chi connectivity index (χ1v) is 25.4. The largest absolute Gasteiger partial charge is 0.344 e. The first-order valence-electron chi connectivity index (χ1n) is 23.2. The highest BCUT2D eigenvalue weighted by Gasteiger charge is 2.27. The van der Waals surface area contributed by atoms with Crippen LogP contribution in [0, 0.1) is 0 Å². The predicted octanol–water partition coefficient (Wildman–Crippen LogP) is 12.5. The molecule has 0 aromatic heterocycles. The van der Waals surface area contributed by atoms with Gasteiger partial charge in [-0.3, -0.25) is 0 Å². The van der Waals surface area contributed by atoms with Crippen molar-refractivity contribution in [1.29, 1.82) is 0 Å². The molecular weight excluding hydrogens is 726 g/mol. The molecule has 0 bridgehead atoms. The molecule has 2 unspecified atom stereocenters. The number of hydrogen-bond donors (Lipinski definition) is 0. The highest BCUT2D eigenvalue weighted by atomic mass is 31.2. The van der Waals surface area contributed by atoms with Crippen LogP contribution in [0.1, 0.15) is 188 Å². The molecule has 0 aromatic rings. The van der Waals surface area contributed by atoms with Crippen molar-refractivity contribution >= 4 is 29.0 Å². The minimum Gasteiger partial charge on any atom is -0.344 e. The summed E-state index contributed by atoms with van der Waals surface area (Å²) < 4.78 is 34.7. The van der Waals surface area contributed by atoms with Gasteiger partial charge in [0.2, 0.25) is 11.9 Å². The minimum absolute atomic E-state index is 0.528. The van der Waals surface area contributed by atoms with E-state index in [1.54, 1.807) is 7.11 Å². The van der Waals surface area contributed by atoms with Crippen LogP contribution < -0.4 is 0 Å². The third kappa shape index (κ3) is 24.7. The summed E-state index contributed by atoms with van der Waals surface area (Å²) in [5, 5.41) is 0. The van der Waals surface area contributed by atoms with Crippen LogP contribution in [0.25, 0.3) is 0 Å².